The molecule has 2 N–H and O–H groups in total. The van der Waals surface area contributed by atoms with Gasteiger partial charge in [0, 0.05) is 13.7 Å². The van der Waals surface area contributed by atoms with Crippen molar-refractivity contribution in [2.24, 2.45) is 0 Å². The summed E-state index contributed by atoms with van der Waals surface area (Å²) in [6.07, 6.45) is 2.31. The topological polar surface area (TPSA) is 58.9 Å². The molecule has 1 aliphatic heterocycles. The first kappa shape index (κ1) is 11.8. The van der Waals surface area contributed by atoms with Gasteiger partial charge in [-0.1, -0.05) is 0 Å². The van der Waals surface area contributed by atoms with Crippen molar-refractivity contribution >= 4 is 0 Å². The van der Waals surface area contributed by atoms with Gasteiger partial charge in [0.1, 0.15) is 0 Å². The van der Waals surface area contributed by atoms with E-state index in [0.29, 0.717) is 6.61 Å². The molecule has 12 heavy (non-hydrogen) atoms. The minimum Gasteiger partial charge on any atom is -0.394 e. The highest BCUT2D eigenvalue weighted by Gasteiger charge is 2.12. The molecule has 1 atom stereocenters. The second-order valence-electron chi connectivity index (χ2n) is 2.53. The van der Waals surface area contributed by atoms with Crippen LogP contribution in [0.5, 0.6) is 0 Å². The smallest absolute Gasteiger partial charge is 0.0806 e. The van der Waals surface area contributed by atoms with E-state index in [1.165, 1.54) is 0 Å². The van der Waals surface area contributed by atoms with E-state index in [1.807, 2.05) is 0 Å². The summed E-state index contributed by atoms with van der Waals surface area (Å²) in [5.74, 6) is 0. The zero-order valence-corrected chi connectivity index (χ0v) is 7.53. The van der Waals surface area contributed by atoms with Gasteiger partial charge in [0.25, 0.3) is 0 Å². The number of aliphatic hydroxyl groups is 2. The van der Waals surface area contributed by atoms with E-state index in [4.69, 9.17) is 14.9 Å². The number of methoxy groups -OCH3 is 1. The van der Waals surface area contributed by atoms with Crippen LogP contribution < -0.4 is 0 Å². The third-order valence-electron chi connectivity index (χ3n) is 1.52. The van der Waals surface area contributed by atoms with Crippen molar-refractivity contribution in [3.8, 4) is 0 Å². The second-order valence-corrected chi connectivity index (χ2v) is 2.53. The molecule has 0 aromatic heterocycles. The average Bonchev–Trinajstić information content (AvgIpc) is 2.58. The van der Waals surface area contributed by atoms with E-state index in [9.17, 15) is 0 Å². The molecule has 1 rings (SSSR count). The molecule has 4 nitrogen and oxygen atoms in total. The Kier molecular flexibility index (Phi) is 8.81. The minimum absolute atomic E-state index is 0.122. The maximum Gasteiger partial charge on any atom is 0.0806 e. The van der Waals surface area contributed by atoms with Crippen molar-refractivity contribution in [1.29, 1.82) is 0 Å². The molecule has 0 radical (unpaired) electrons. The number of hydrogen-bond acceptors (Lipinski definition) is 4. The molecule has 0 spiro atoms. The zero-order valence-electron chi connectivity index (χ0n) is 7.53. The van der Waals surface area contributed by atoms with Crippen LogP contribution in [0, 0.1) is 0 Å². The van der Waals surface area contributed by atoms with Crippen LogP contribution in [0.4, 0.5) is 0 Å². The van der Waals surface area contributed by atoms with Crippen molar-refractivity contribution in [3.63, 3.8) is 0 Å². The summed E-state index contributed by atoms with van der Waals surface area (Å²) in [5.41, 5.74) is 0. The van der Waals surface area contributed by atoms with Gasteiger partial charge < -0.3 is 19.7 Å². The number of ether oxygens (including phenoxy) is 2. The molecule has 1 fully saturated rings. The molecule has 0 aromatic rings. The van der Waals surface area contributed by atoms with E-state index in [2.05, 4.69) is 4.74 Å². The van der Waals surface area contributed by atoms with E-state index in [0.717, 1.165) is 19.4 Å². The van der Waals surface area contributed by atoms with Crippen molar-refractivity contribution in [2.75, 3.05) is 33.5 Å². The second kappa shape index (κ2) is 8.93. The van der Waals surface area contributed by atoms with Crippen LogP contribution in [0.15, 0.2) is 0 Å². The first-order valence-corrected chi connectivity index (χ1v) is 4.17. The molecular weight excluding hydrogens is 160 g/mol. The Morgan fingerprint density at radius 3 is 2.42 bits per heavy atom. The molecule has 1 saturated heterocycles. The fourth-order valence-corrected chi connectivity index (χ4v) is 0.880. The summed E-state index contributed by atoms with van der Waals surface area (Å²) in [5, 5.41) is 16.4. The van der Waals surface area contributed by atoms with Gasteiger partial charge in [-0.05, 0) is 12.8 Å². The maximum atomic E-state index is 8.44. The van der Waals surface area contributed by atoms with Crippen LogP contribution in [-0.4, -0.2) is 49.9 Å². The Morgan fingerprint density at radius 2 is 2.25 bits per heavy atom. The standard InChI is InChI=1S/C5H10O2.C3H8O2/c6-4-5-2-1-3-7-5;1-5-3-2-4/h5-6H,1-4H2;4H,2-3H2,1H3. The predicted octanol–water partition coefficient (Wildman–Crippen LogP) is -0.217. The lowest BCUT2D eigenvalue weighted by Crippen LogP contribution is -2.09. The molecule has 1 aliphatic rings. The average molecular weight is 178 g/mol. The fourth-order valence-electron chi connectivity index (χ4n) is 0.880. The first-order chi connectivity index (χ1) is 5.85. The van der Waals surface area contributed by atoms with Crippen molar-refractivity contribution in [3.05, 3.63) is 0 Å². The minimum atomic E-state index is 0.122. The van der Waals surface area contributed by atoms with Gasteiger partial charge >= 0.3 is 0 Å². The van der Waals surface area contributed by atoms with E-state index in [1.54, 1.807) is 7.11 Å². The molecule has 4 heteroatoms. The highest BCUT2D eigenvalue weighted by Crippen LogP contribution is 2.09. The fraction of sp³-hybridized carbons (Fsp3) is 1.00. The van der Waals surface area contributed by atoms with Crippen LogP contribution in [0.1, 0.15) is 12.8 Å². The molecule has 0 aliphatic carbocycles. The molecule has 0 saturated carbocycles. The number of hydrogen-bond donors (Lipinski definition) is 2. The van der Waals surface area contributed by atoms with Gasteiger partial charge in [0.15, 0.2) is 0 Å². The molecule has 0 bridgehead atoms. The molecule has 0 aromatic carbocycles. The highest BCUT2D eigenvalue weighted by atomic mass is 16.5. The van der Waals surface area contributed by atoms with Gasteiger partial charge in [-0.3, -0.25) is 0 Å². The van der Waals surface area contributed by atoms with Gasteiger partial charge in [-0.2, -0.15) is 0 Å². The SMILES string of the molecule is COCCO.OCC1CCCO1. The summed E-state index contributed by atoms with van der Waals surface area (Å²) in [7, 11) is 1.55. The zero-order chi connectivity index (χ0) is 9.23. The highest BCUT2D eigenvalue weighted by molar-refractivity contribution is 4.61. The predicted molar refractivity (Wildman–Crippen MR) is 45.0 cm³/mol. The molecule has 1 unspecified atom stereocenters. The normalized spacial score (nSPS) is 21.8. The summed E-state index contributed by atoms with van der Waals surface area (Å²) in [6.45, 7) is 1.60. The Hall–Kier alpha value is -0.160. The van der Waals surface area contributed by atoms with Crippen LogP contribution in [0.25, 0.3) is 0 Å². The molecule has 0 amide bonds. The molecule has 74 valence electrons. The summed E-state index contributed by atoms with van der Waals surface area (Å²) in [4.78, 5) is 0. The van der Waals surface area contributed by atoms with Crippen molar-refractivity contribution in [1.82, 2.24) is 0 Å². The van der Waals surface area contributed by atoms with Crippen LogP contribution in [0.3, 0.4) is 0 Å². The number of rotatable bonds is 3. The summed E-state index contributed by atoms with van der Waals surface area (Å²) >= 11 is 0. The Labute approximate surface area is 73.1 Å². The van der Waals surface area contributed by atoms with E-state index < -0.39 is 0 Å². The monoisotopic (exact) mass is 178 g/mol. The van der Waals surface area contributed by atoms with E-state index in [-0.39, 0.29) is 19.3 Å². The number of aliphatic hydroxyl groups excluding tert-OH is 2. The van der Waals surface area contributed by atoms with Crippen LogP contribution >= 0.6 is 0 Å². The lowest BCUT2D eigenvalue weighted by Gasteiger charge is -2.00. The third-order valence-corrected chi connectivity index (χ3v) is 1.52. The Balaban J connectivity index is 0.000000217. The van der Waals surface area contributed by atoms with Crippen LogP contribution in [0.2, 0.25) is 0 Å². The maximum absolute atomic E-state index is 8.44. The van der Waals surface area contributed by atoms with Crippen LogP contribution in [-0.2, 0) is 9.47 Å². The van der Waals surface area contributed by atoms with Crippen molar-refractivity contribution in [2.45, 2.75) is 18.9 Å². The largest absolute Gasteiger partial charge is 0.394 e. The lowest BCUT2D eigenvalue weighted by molar-refractivity contribution is 0.0591. The van der Waals surface area contributed by atoms with Crippen molar-refractivity contribution < 1.29 is 19.7 Å². The third kappa shape index (κ3) is 6.54. The summed E-state index contributed by atoms with van der Waals surface area (Å²) < 4.78 is 9.49. The van der Waals surface area contributed by atoms with E-state index >= 15 is 0 Å². The quantitative estimate of drug-likeness (QED) is 0.627. The first-order valence-electron chi connectivity index (χ1n) is 4.17. The Morgan fingerprint density at radius 1 is 1.50 bits per heavy atom. The van der Waals surface area contributed by atoms with Gasteiger partial charge in [0.2, 0.25) is 0 Å². The van der Waals surface area contributed by atoms with Gasteiger partial charge in [-0.15, -0.1) is 0 Å². The van der Waals surface area contributed by atoms with Gasteiger partial charge in [-0.25, -0.2) is 0 Å². The molecule has 1 heterocycles. The Bertz CT molecular complexity index is 79.1. The lowest BCUT2D eigenvalue weighted by atomic mass is 10.2. The molecular formula is C8H18O4. The van der Waals surface area contributed by atoms with Gasteiger partial charge in [0.05, 0.1) is 25.9 Å². The summed E-state index contributed by atoms with van der Waals surface area (Å²) in [6, 6.07) is 0.